The van der Waals surface area contributed by atoms with Crippen LogP contribution in [0.15, 0.2) is 30.5 Å². The normalized spacial score (nSPS) is 16.5. The molecule has 0 spiro atoms. The Labute approximate surface area is 129 Å². The van der Waals surface area contributed by atoms with Gasteiger partial charge in [0.25, 0.3) is 5.91 Å². The minimum atomic E-state index is -0.136. The zero-order chi connectivity index (χ0) is 15.5. The van der Waals surface area contributed by atoms with Crippen molar-refractivity contribution in [3.05, 3.63) is 58.7 Å². The van der Waals surface area contributed by atoms with Crippen LogP contribution in [-0.4, -0.2) is 15.9 Å². The highest BCUT2D eigenvalue weighted by molar-refractivity contribution is 5.94. The molecule has 0 fully saturated rings. The number of nitrogens with one attached hydrogen (secondary N) is 1. The van der Waals surface area contributed by atoms with Crippen LogP contribution < -0.4 is 5.32 Å². The van der Waals surface area contributed by atoms with Gasteiger partial charge in [0, 0.05) is 23.0 Å². The predicted molar refractivity (Wildman–Crippen MR) is 81.1 cm³/mol. The molecule has 5 heteroatoms. The number of hydrogen-bond acceptors (Lipinski definition) is 4. The van der Waals surface area contributed by atoms with Crippen LogP contribution in [0, 0.1) is 18.3 Å². The SMILES string of the molecule is Cc1ncc2c(n1)CCCC2NC(=O)c1ccc(C#N)cc1. The summed E-state index contributed by atoms with van der Waals surface area (Å²) >= 11 is 0. The Balaban J connectivity index is 1.79. The van der Waals surface area contributed by atoms with Crippen LogP contribution in [0.25, 0.3) is 0 Å². The van der Waals surface area contributed by atoms with Crippen LogP contribution in [0.5, 0.6) is 0 Å². The Hall–Kier alpha value is -2.74. The van der Waals surface area contributed by atoms with Gasteiger partial charge in [-0.25, -0.2) is 9.97 Å². The van der Waals surface area contributed by atoms with Crippen molar-refractivity contribution in [1.82, 2.24) is 15.3 Å². The number of aromatic nitrogens is 2. The van der Waals surface area contributed by atoms with E-state index in [4.69, 9.17) is 5.26 Å². The van der Waals surface area contributed by atoms with Crippen molar-refractivity contribution in [2.45, 2.75) is 32.2 Å². The topological polar surface area (TPSA) is 78.7 Å². The third-order valence-corrected chi connectivity index (χ3v) is 3.88. The fraction of sp³-hybridized carbons (Fsp3) is 0.294. The minimum Gasteiger partial charge on any atom is -0.345 e. The molecule has 1 aromatic carbocycles. The minimum absolute atomic E-state index is 0.0486. The first-order chi connectivity index (χ1) is 10.7. The zero-order valence-electron chi connectivity index (χ0n) is 12.3. The van der Waals surface area contributed by atoms with E-state index >= 15 is 0 Å². The van der Waals surface area contributed by atoms with Crippen molar-refractivity contribution >= 4 is 5.91 Å². The molecule has 22 heavy (non-hydrogen) atoms. The fourth-order valence-corrected chi connectivity index (χ4v) is 2.73. The Morgan fingerprint density at radius 1 is 1.36 bits per heavy atom. The predicted octanol–water partition coefficient (Wildman–Crippen LogP) is 2.46. The molecule has 0 saturated heterocycles. The molecule has 0 bridgehead atoms. The van der Waals surface area contributed by atoms with E-state index in [-0.39, 0.29) is 11.9 Å². The summed E-state index contributed by atoms with van der Waals surface area (Å²) in [7, 11) is 0. The summed E-state index contributed by atoms with van der Waals surface area (Å²) in [6, 6.07) is 8.63. The molecule has 1 atom stereocenters. The average molecular weight is 292 g/mol. The standard InChI is InChI=1S/C17H16N4O/c1-11-19-10-14-15(20-11)3-2-4-16(14)21-17(22)13-7-5-12(9-18)6-8-13/h5-8,10,16H,2-4H2,1H3,(H,21,22). The van der Waals surface area contributed by atoms with Gasteiger partial charge in [-0.1, -0.05) is 0 Å². The summed E-state index contributed by atoms with van der Waals surface area (Å²) in [5.41, 5.74) is 3.14. The lowest BCUT2D eigenvalue weighted by Gasteiger charge is -2.25. The van der Waals surface area contributed by atoms with E-state index in [9.17, 15) is 4.79 Å². The van der Waals surface area contributed by atoms with E-state index < -0.39 is 0 Å². The Bertz CT molecular complexity index is 746. The molecular weight excluding hydrogens is 276 g/mol. The number of rotatable bonds is 2. The second-order valence-electron chi connectivity index (χ2n) is 5.43. The van der Waals surface area contributed by atoms with Crippen LogP contribution in [0.3, 0.4) is 0 Å². The number of nitriles is 1. The molecular formula is C17H16N4O. The number of hydrogen-bond donors (Lipinski definition) is 1. The molecule has 1 aromatic heterocycles. The maximum Gasteiger partial charge on any atom is 0.251 e. The van der Waals surface area contributed by atoms with Crippen molar-refractivity contribution < 1.29 is 4.79 Å². The molecule has 1 amide bonds. The van der Waals surface area contributed by atoms with E-state index in [0.29, 0.717) is 11.1 Å². The number of fused-ring (bicyclic) bond motifs is 1. The molecule has 1 N–H and O–H groups in total. The lowest BCUT2D eigenvalue weighted by Crippen LogP contribution is -2.31. The molecule has 1 aliphatic carbocycles. The number of amides is 1. The quantitative estimate of drug-likeness (QED) is 0.922. The van der Waals surface area contributed by atoms with Gasteiger partial charge in [0.05, 0.1) is 17.7 Å². The number of benzene rings is 1. The fourth-order valence-electron chi connectivity index (χ4n) is 2.73. The molecule has 0 radical (unpaired) electrons. The van der Waals surface area contributed by atoms with E-state index in [0.717, 1.165) is 36.3 Å². The highest BCUT2D eigenvalue weighted by Crippen LogP contribution is 2.28. The highest BCUT2D eigenvalue weighted by atomic mass is 16.1. The maximum absolute atomic E-state index is 12.4. The molecule has 1 unspecified atom stereocenters. The van der Waals surface area contributed by atoms with Gasteiger partial charge in [-0.2, -0.15) is 5.26 Å². The van der Waals surface area contributed by atoms with Crippen LogP contribution in [0.4, 0.5) is 0 Å². The van der Waals surface area contributed by atoms with Crippen molar-refractivity contribution in [3.63, 3.8) is 0 Å². The van der Waals surface area contributed by atoms with Crippen LogP contribution >= 0.6 is 0 Å². The number of carbonyl (C=O) groups excluding carboxylic acids is 1. The molecule has 1 aliphatic rings. The Morgan fingerprint density at radius 3 is 2.86 bits per heavy atom. The largest absolute Gasteiger partial charge is 0.345 e. The van der Waals surface area contributed by atoms with Crippen molar-refractivity contribution in [3.8, 4) is 6.07 Å². The summed E-state index contributed by atoms with van der Waals surface area (Å²) in [6.45, 7) is 1.87. The molecule has 0 saturated carbocycles. The monoisotopic (exact) mass is 292 g/mol. The van der Waals surface area contributed by atoms with E-state index in [1.54, 1.807) is 24.3 Å². The Morgan fingerprint density at radius 2 is 2.14 bits per heavy atom. The van der Waals surface area contributed by atoms with Gasteiger partial charge >= 0.3 is 0 Å². The zero-order valence-corrected chi connectivity index (χ0v) is 12.3. The summed E-state index contributed by atoms with van der Waals surface area (Å²) < 4.78 is 0. The molecule has 5 nitrogen and oxygen atoms in total. The van der Waals surface area contributed by atoms with Crippen molar-refractivity contribution in [2.24, 2.45) is 0 Å². The van der Waals surface area contributed by atoms with Gasteiger partial charge < -0.3 is 5.32 Å². The molecule has 2 aromatic rings. The van der Waals surface area contributed by atoms with Crippen LogP contribution in [-0.2, 0) is 6.42 Å². The third-order valence-electron chi connectivity index (χ3n) is 3.88. The average Bonchev–Trinajstić information content (AvgIpc) is 2.55. The Kier molecular flexibility index (Phi) is 3.84. The summed E-state index contributed by atoms with van der Waals surface area (Å²) in [5.74, 6) is 0.626. The molecule has 0 aliphatic heterocycles. The first kappa shape index (κ1) is 14.2. The first-order valence-corrected chi connectivity index (χ1v) is 7.31. The third kappa shape index (κ3) is 2.82. The molecule has 110 valence electrons. The summed E-state index contributed by atoms with van der Waals surface area (Å²) in [6.07, 6.45) is 4.64. The van der Waals surface area contributed by atoms with Gasteiger partial charge in [0.1, 0.15) is 5.82 Å². The van der Waals surface area contributed by atoms with Gasteiger partial charge in [-0.05, 0) is 50.5 Å². The number of aryl methyl sites for hydroxylation is 2. The van der Waals surface area contributed by atoms with Crippen molar-refractivity contribution in [2.75, 3.05) is 0 Å². The first-order valence-electron chi connectivity index (χ1n) is 7.31. The number of carbonyl (C=O) groups is 1. The van der Waals surface area contributed by atoms with E-state index in [1.807, 2.05) is 19.2 Å². The second kappa shape index (κ2) is 5.94. The van der Waals surface area contributed by atoms with Crippen LogP contribution in [0.1, 0.15) is 51.9 Å². The maximum atomic E-state index is 12.4. The van der Waals surface area contributed by atoms with Crippen molar-refractivity contribution in [1.29, 1.82) is 5.26 Å². The van der Waals surface area contributed by atoms with Gasteiger partial charge in [0.15, 0.2) is 0 Å². The second-order valence-corrected chi connectivity index (χ2v) is 5.43. The van der Waals surface area contributed by atoms with E-state index in [1.165, 1.54) is 0 Å². The van der Waals surface area contributed by atoms with E-state index in [2.05, 4.69) is 15.3 Å². The van der Waals surface area contributed by atoms with Crippen LogP contribution in [0.2, 0.25) is 0 Å². The lowest BCUT2D eigenvalue weighted by molar-refractivity contribution is 0.0932. The van der Waals surface area contributed by atoms with Gasteiger partial charge in [0.2, 0.25) is 0 Å². The summed E-state index contributed by atoms with van der Waals surface area (Å²) in [5, 5.41) is 11.8. The summed E-state index contributed by atoms with van der Waals surface area (Å²) in [4.78, 5) is 21.1. The molecule has 1 heterocycles. The smallest absolute Gasteiger partial charge is 0.251 e. The lowest BCUT2D eigenvalue weighted by atomic mass is 9.92. The molecule has 3 rings (SSSR count). The van der Waals surface area contributed by atoms with Gasteiger partial charge in [-0.3, -0.25) is 4.79 Å². The van der Waals surface area contributed by atoms with Gasteiger partial charge in [-0.15, -0.1) is 0 Å². The number of nitrogens with zero attached hydrogens (tertiary/aromatic N) is 3. The highest BCUT2D eigenvalue weighted by Gasteiger charge is 2.23.